The summed E-state index contributed by atoms with van der Waals surface area (Å²) in [6.07, 6.45) is 9.60. The predicted octanol–water partition coefficient (Wildman–Crippen LogP) is 2.87. The van der Waals surface area contributed by atoms with Gasteiger partial charge in [-0.1, -0.05) is 12.8 Å². The van der Waals surface area contributed by atoms with Crippen molar-refractivity contribution in [2.45, 2.75) is 31.6 Å². The standard InChI is InChI=1S/C11H12N2OS/c14-6-9-11(8-3-1-2-4-8)15-10-5-12-7-13(9)10/h5-8H,1-4H2. The number of thiazole rings is 1. The zero-order valence-electron chi connectivity index (χ0n) is 8.35. The maximum absolute atomic E-state index is 11.1. The van der Waals surface area contributed by atoms with Gasteiger partial charge in [-0.25, -0.2) is 4.98 Å². The molecule has 1 aliphatic rings. The summed E-state index contributed by atoms with van der Waals surface area (Å²) in [4.78, 5) is 17.5. The molecule has 0 aliphatic heterocycles. The Bertz CT molecular complexity index is 494. The molecule has 1 fully saturated rings. The molecule has 0 radical (unpaired) electrons. The number of fused-ring (bicyclic) bond motifs is 1. The third-order valence-corrected chi connectivity index (χ3v) is 4.44. The first-order chi connectivity index (χ1) is 7.40. The van der Waals surface area contributed by atoms with Crippen LogP contribution in [0.5, 0.6) is 0 Å². The normalized spacial score (nSPS) is 17.6. The minimum absolute atomic E-state index is 0.607. The Kier molecular flexibility index (Phi) is 2.09. The van der Waals surface area contributed by atoms with Gasteiger partial charge in [-0.3, -0.25) is 9.20 Å². The lowest BCUT2D eigenvalue weighted by Gasteiger charge is -2.05. The van der Waals surface area contributed by atoms with E-state index in [9.17, 15) is 4.79 Å². The predicted molar refractivity (Wildman–Crippen MR) is 59.7 cm³/mol. The van der Waals surface area contributed by atoms with E-state index in [1.807, 2.05) is 10.6 Å². The van der Waals surface area contributed by atoms with E-state index in [0.29, 0.717) is 5.92 Å². The Labute approximate surface area is 91.8 Å². The number of rotatable bonds is 2. The van der Waals surface area contributed by atoms with E-state index in [0.717, 1.165) is 16.8 Å². The number of imidazole rings is 1. The zero-order chi connectivity index (χ0) is 10.3. The topological polar surface area (TPSA) is 34.4 Å². The van der Waals surface area contributed by atoms with Gasteiger partial charge in [-0.15, -0.1) is 11.3 Å². The minimum Gasteiger partial charge on any atom is -0.296 e. The highest BCUT2D eigenvalue weighted by Gasteiger charge is 2.23. The summed E-state index contributed by atoms with van der Waals surface area (Å²) in [6.45, 7) is 0. The first kappa shape index (κ1) is 9.09. The Morgan fingerprint density at radius 2 is 2.27 bits per heavy atom. The average Bonchev–Trinajstić information content (AvgIpc) is 2.93. The second kappa shape index (κ2) is 3.45. The van der Waals surface area contributed by atoms with Gasteiger partial charge in [-0.2, -0.15) is 0 Å². The maximum Gasteiger partial charge on any atom is 0.168 e. The third kappa shape index (κ3) is 1.32. The second-order valence-electron chi connectivity index (χ2n) is 4.05. The number of carbonyl (C=O) groups is 1. The van der Waals surface area contributed by atoms with Crippen molar-refractivity contribution < 1.29 is 4.79 Å². The van der Waals surface area contributed by atoms with E-state index < -0.39 is 0 Å². The molecule has 1 aliphatic carbocycles. The molecule has 2 aromatic heterocycles. The average molecular weight is 220 g/mol. The first-order valence-corrected chi connectivity index (χ1v) is 6.11. The summed E-state index contributed by atoms with van der Waals surface area (Å²) >= 11 is 1.72. The Balaban J connectivity index is 2.15. The fourth-order valence-corrected chi connectivity index (χ4v) is 3.65. The van der Waals surface area contributed by atoms with Crippen molar-refractivity contribution in [1.82, 2.24) is 9.38 Å². The van der Waals surface area contributed by atoms with Crippen molar-refractivity contribution >= 4 is 22.5 Å². The zero-order valence-corrected chi connectivity index (χ0v) is 9.17. The molecular formula is C11H12N2OS. The smallest absolute Gasteiger partial charge is 0.168 e. The van der Waals surface area contributed by atoms with Crippen LogP contribution in [0.25, 0.3) is 4.83 Å². The molecule has 2 heterocycles. The van der Waals surface area contributed by atoms with Gasteiger partial charge in [0.1, 0.15) is 16.9 Å². The highest BCUT2D eigenvalue weighted by Crippen LogP contribution is 2.39. The Morgan fingerprint density at radius 3 is 3.00 bits per heavy atom. The minimum atomic E-state index is 0.607. The van der Waals surface area contributed by atoms with Crippen molar-refractivity contribution in [2.24, 2.45) is 0 Å². The molecule has 15 heavy (non-hydrogen) atoms. The number of aldehydes is 1. The van der Waals surface area contributed by atoms with Gasteiger partial charge in [-0.05, 0) is 18.8 Å². The van der Waals surface area contributed by atoms with E-state index >= 15 is 0 Å². The van der Waals surface area contributed by atoms with Crippen LogP contribution < -0.4 is 0 Å². The van der Waals surface area contributed by atoms with Crippen LogP contribution in [0.3, 0.4) is 0 Å². The van der Waals surface area contributed by atoms with E-state index in [1.165, 1.54) is 30.6 Å². The summed E-state index contributed by atoms with van der Waals surface area (Å²) in [5, 5.41) is 0. The molecule has 3 nitrogen and oxygen atoms in total. The fourth-order valence-electron chi connectivity index (χ4n) is 2.42. The maximum atomic E-state index is 11.1. The van der Waals surface area contributed by atoms with E-state index in [-0.39, 0.29) is 0 Å². The van der Waals surface area contributed by atoms with Gasteiger partial charge in [0.25, 0.3) is 0 Å². The summed E-state index contributed by atoms with van der Waals surface area (Å²) in [7, 11) is 0. The van der Waals surface area contributed by atoms with Crippen molar-refractivity contribution in [2.75, 3.05) is 0 Å². The molecule has 78 valence electrons. The van der Waals surface area contributed by atoms with Crippen molar-refractivity contribution in [3.05, 3.63) is 23.1 Å². The quantitative estimate of drug-likeness (QED) is 0.729. The largest absolute Gasteiger partial charge is 0.296 e. The molecule has 0 spiro atoms. The molecule has 0 saturated heterocycles. The molecule has 0 aromatic carbocycles. The van der Waals surface area contributed by atoms with Crippen LogP contribution in [0.2, 0.25) is 0 Å². The van der Waals surface area contributed by atoms with Crippen LogP contribution >= 0.6 is 11.3 Å². The number of carbonyl (C=O) groups excluding carboxylic acids is 1. The van der Waals surface area contributed by atoms with Gasteiger partial charge in [0.15, 0.2) is 6.29 Å². The Morgan fingerprint density at radius 1 is 1.47 bits per heavy atom. The Hall–Kier alpha value is -1.16. The van der Waals surface area contributed by atoms with Crippen LogP contribution in [0, 0.1) is 0 Å². The molecule has 0 unspecified atom stereocenters. The third-order valence-electron chi connectivity index (χ3n) is 3.17. The molecule has 3 rings (SSSR count). The van der Waals surface area contributed by atoms with Crippen LogP contribution in [-0.2, 0) is 0 Å². The number of hydrogen-bond acceptors (Lipinski definition) is 3. The van der Waals surface area contributed by atoms with Crippen molar-refractivity contribution in [1.29, 1.82) is 0 Å². The molecule has 0 bridgehead atoms. The molecular weight excluding hydrogens is 208 g/mol. The molecule has 0 N–H and O–H groups in total. The SMILES string of the molecule is O=Cc1c(C2CCCC2)sc2cncn12. The summed E-state index contributed by atoms with van der Waals surface area (Å²) < 4.78 is 1.91. The monoisotopic (exact) mass is 220 g/mol. The summed E-state index contributed by atoms with van der Waals surface area (Å²) in [5.74, 6) is 0.607. The number of aromatic nitrogens is 2. The van der Waals surface area contributed by atoms with E-state index in [4.69, 9.17) is 0 Å². The van der Waals surface area contributed by atoms with Gasteiger partial charge in [0.2, 0.25) is 0 Å². The van der Waals surface area contributed by atoms with Gasteiger partial charge in [0.05, 0.1) is 6.20 Å². The van der Waals surface area contributed by atoms with E-state index in [1.54, 1.807) is 17.7 Å². The van der Waals surface area contributed by atoms with Crippen LogP contribution in [-0.4, -0.2) is 15.7 Å². The number of nitrogens with zero attached hydrogens (tertiary/aromatic N) is 2. The lowest BCUT2D eigenvalue weighted by atomic mass is 10.1. The van der Waals surface area contributed by atoms with Crippen molar-refractivity contribution in [3.63, 3.8) is 0 Å². The fraction of sp³-hybridized carbons (Fsp3) is 0.455. The van der Waals surface area contributed by atoms with Gasteiger partial charge in [0, 0.05) is 4.88 Å². The first-order valence-electron chi connectivity index (χ1n) is 5.30. The molecule has 2 aromatic rings. The lowest BCUT2D eigenvalue weighted by Crippen LogP contribution is -1.96. The summed E-state index contributed by atoms with van der Waals surface area (Å²) in [6, 6.07) is 0. The second-order valence-corrected chi connectivity index (χ2v) is 5.11. The molecule has 1 saturated carbocycles. The molecule has 0 amide bonds. The van der Waals surface area contributed by atoms with Crippen LogP contribution in [0.4, 0.5) is 0 Å². The van der Waals surface area contributed by atoms with Crippen LogP contribution in [0.15, 0.2) is 12.5 Å². The molecule has 0 atom stereocenters. The van der Waals surface area contributed by atoms with Crippen LogP contribution in [0.1, 0.15) is 47.0 Å². The number of hydrogen-bond donors (Lipinski definition) is 0. The highest BCUT2D eigenvalue weighted by molar-refractivity contribution is 7.17. The van der Waals surface area contributed by atoms with Gasteiger partial charge < -0.3 is 0 Å². The van der Waals surface area contributed by atoms with Crippen molar-refractivity contribution in [3.8, 4) is 0 Å². The highest BCUT2D eigenvalue weighted by atomic mass is 32.1. The van der Waals surface area contributed by atoms with E-state index in [2.05, 4.69) is 4.98 Å². The molecule has 4 heteroatoms. The van der Waals surface area contributed by atoms with Gasteiger partial charge >= 0.3 is 0 Å². The summed E-state index contributed by atoms with van der Waals surface area (Å²) in [5.41, 5.74) is 0.819. The lowest BCUT2D eigenvalue weighted by molar-refractivity contribution is 0.111.